The molecule has 2 aromatic rings. The SMILES string of the molecule is COc1ccc(CNc2ccccc2N2CCCCC2)cc1. The summed E-state index contributed by atoms with van der Waals surface area (Å²) in [5, 5.41) is 3.58. The number of benzene rings is 2. The molecular formula is C19H24N2O. The lowest BCUT2D eigenvalue weighted by Crippen LogP contribution is -2.30. The van der Waals surface area contributed by atoms with Gasteiger partial charge in [-0.15, -0.1) is 0 Å². The molecule has 1 aliphatic heterocycles. The first-order valence-electron chi connectivity index (χ1n) is 8.07. The zero-order chi connectivity index (χ0) is 15.2. The van der Waals surface area contributed by atoms with Crippen molar-refractivity contribution in [1.82, 2.24) is 0 Å². The normalized spacial score (nSPS) is 14.7. The fourth-order valence-electron chi connectivity index (χ4n) is 2.97. The van der Waals surface area contributed by atoms with E-state index in [2.05, 4.69) is 46.6 Å². The fraction of sp³-hybridized carbons (Fsp3) is 0.368. The summed E-state index contributed by atoms with van der Waals surface area (Å²) >= 11 is 0. The molecule has 0 atom stereocenters. The molecule has 1 aliphatic rings. The van der Waals surface area contributed by atoms with Gasteiger partial charge in [0.25, 0.3) is 0 Å². The molecule has 3 heteroatoms. The van der Waals surface area contributed by atoms with Gasteiger partial charge in [0.2, 0.25) is 0 Å². The highest BCUT2D eigenvalue weighted by Crippen LogP contribution is 2.28. The van der Waals surface area contributed by atoms with E-state index in [0.29, 0.717) is 0 Å². The Kier molecular flexibility index (Phi) is 4.84. The topological polar surface area (TPSA) is 24.5 Å². The van der Waals surface area contributed by atoms with Gasteiger partial charge in [0.05, 0.1) is 18.5 Å². The Balaban J connectivity index is 1.68. The maximum atomic E-state index is 5.20. The van der Waals surface area contributed by atoms with E-state index in [1.54, 1.807) is 7.11 Å². The first kappa shape index (κ1) is 14.8. The van der Waals surface area contributed by atoms with E-state index in [0.717, 1.165) is 12.3 Å². The molecule has 1 N–H and O–H groups in total. The van der Waals surface area contributed by atoms with E-state index in [-0.39, 0.29) is 0 Å². The van der Waals surface area contributed by atoms with E-state index >= 15 is 0 Å². The number of nitrogens with one attached hydrogen (secondary N) is 1. The quantitative estimate of drug-likeness (QED) is 0.890. The Morgan fingerprint density at radius 3 is 2.41 bits per heavy atom. The predicted octanol–water partition coefficient (Wildman–Crippen LogP) is 4.30. The van der Waals surface area contributed by atoms with Crippen LogP contribution < -0.4 is 15.0 Å². The third kappa shape index (κ3) is 3.53. The zero-order valence-corrected chi connectivity index (χ0v) is 13.2. The van der Waals surface area contributed by atoms with Crippen LogP contribution in [0.3, 0.4) is 0 Å². The lowest BCUT2D eigenvalue weighted by Gasteiger charge is -2.30. The van der Waals surface area contributed by atoms with Crippen molar-refractivity contribution in [3.05, 3.63) is 54.1 Å². The molecular weight excluding hydrogens is 272 g/mol. The molecule has 0 bridgehead atoms. The number of methoxy groups -OCH3 is 1. The third-order valence-corrected chi connectivity index (χ3v) is 4.24. The first-order valence-corrected chi connectivity index (χ1v) is 8.07. The second-order valence-electron chi connectivity index (χ2n) is 5.77. The number of piperidine rings is 1. The summed E-state index contributed by atoms with van der Waals surface area (Å²) in [5.74, 6) is 0.900. The standard InChI is InChI=1S/C19H24N2O/c1-22-17-11-9-16(10-12-17)15-20-18-7-3-4-8-19(18)21-13-5-2-6-14-21/h3-4,7-12,20H,2,5-6,13-15H2,1H3. The van der Waals surface area contributed by atoms with Gasteiger partial charge in [-0.3, -0.25) is 0 Å². The van der Waals surface area contributed by atoms with Crippen molar-refractivity contribution in [1.29, 1.82) is 0 Å². The molecule has 1 heterocycles. The first-order chi connectivity index (χ1) is 10.9. The average molecular weight is 296 g/mol. The second-order valence-corrected chi connectivity index (χ2v) is 5.77. The maximum Gasteiger partial charge on any atom is 0.118 e. The number of nitrogens with zero attached hydrogens (tertiary/aromatic N) is 1. The number of hydrogen-bond acceptors (Lipinski definition) is 3. The van der Waals surface area contributed by atoms with Crippen LogP contribution in [0.15, 0.2) is 48.5 Å². The molecule has 0 aliphatic carbocycles. The van der Waals surface area contributed by atoms with E-state index in [1.807, 2.05) is 12.1 Å². The summed E-state index contributed by atoms with van der Waals surface area (Å²) < 4.78 is 5.20. The van der Waals surface area contributed by atoms with E-state index in [1.165, 1.54) is 49.3 Å². The van der Waals surface area contributed by atoms with E-state index in [9.17, 15) is 0 Å². The number of anilines is 2. The molecule has 116 valence electrons. The van der Waals surface area contributed by atoms with Crippen molar-refractivity contribution >= 4 is 11.4 Å². The number of hydrogen-bond donors (Lipinski definition) is 1. The maximum absolute atomic E-state index is 5.20. The van der Waals surface area contributed by atoms with Gasteiger partial charge in [-0.05, 0) is 49.1 Å². The van der Waals surface area contributed by atoms with Gasteiger partial charge >= 0.3 is 0 Å². The van der Waals surface area contributed by atoms with Crippen LogP contribution in [0.2, 0.25) is 0 Å². The molecule has 0 spiro atoms. The zero-order valence-electron chi connectivity index (χ0n) is 13.2. The molecule has 1 saturated heterocycles. The van der Waals surface area contributed by atoms with Crippen LogP contribution in [0.4, 0.5) is 11.4 Å². The third-order valence-electron chi connectivity index (χ3n) is 4.24. The molecule has 22 heavy (non-hydrogen) atoms. The largest absolute Gasteiger partial charge is 0.497 e. The lowest BCUT2D eigenvalue weighted by molar-refractivity contribution is 0.414. The highest BCUT2D eigenvalue weighted by Gasteiger charge is 2.13. The Hall–Kier alpha value is -2.16. The van der Waals surface area contributed by atoms with Crippen molar-refractivity contribution in [3.8, 4) is 5.75 Å². The summed E-state index contributed by atoms with van der Waals surface area (Å²) in [6, 6.07) is 16.9. The minimum Gasteiger partial charge on any atom is -0.497 e. The van der Waals surface area contributed by atoms with Crippen LogP contribution in [-0.2, 0) is 6.54 Å². The lowest BCUT2D eigenvalue weighted by atomic mass is 10.1. The Bertz CT molecular complexity index is 589. The van der Waals surface area contributed by atoms with Crippen molar-refractivity contribution < 1.29 is 4.74 Å². The molecule has 0 saturated carbocycles. The molecule has 3 nitrogen and oxygen atoms in total. The smallest absolute Gasteiger partial charge is 0.118 e. The summed E-state index contributed by atoms with van der Waals surface area (Å²) in [6.45, 7) is 3.16. The van der Waals surface area contributed by atoms with Gasteiger partial charge in [0.1, 0.15) is 5.75 Å². The van der Waals surface area contributed by atoms with Crippen molar-refractivity contribution in [2.45, 2.75) is 25.8 Å². The Labute approximate surface area is 132 Å². The monoisotopic (exact) mass is 296 g/mol. The van der Waals surface area contributed by atoms with Gasteiger partial charge in [0, 0.05) is 19.6 Å². The molecule has 0 amide bonds. The molecule has 0 aromatic heterocycles. The van der Waals surface area contributed by atoms with Gasteiger partial charge in [-0.1, -0.05) is 24.3 Å². The number of para-hydroxylation sites is 2. The summed E-state index contributed by atoms with van der Waals surface area (Å²) in [7, 11) is 1.70. The van der Waals surface area contributed by atoms with Gasteiger partial charge in [-0.25, -0.2) is 0 Å². The molecule has 1 fully saturated rings. The summed E-state index contributed by atoms with van der Waals surface area (Å²) in [4.78, 5) is 2.50. The van der Waals surface area contributed by atoms with Gasteiger partial charge in [-0.2, -0.15) is 0 Å². The molecule has 2 aromatic carbocycles. The van der Waals surface area contributed by atoms with Crippen LogP contribution >= 0.6 is 0 Å². The van der Waals surface area contributed by atoms with Crippen molar-refractivity contribution in [2.24, 2.45) is 0 Å². The van der Waals surface area contributed by atoms with E-state index < -0.39 is 0 Å². The van der Waals surface area contributed by atoms with Crippen LogP contribution in [0.25, 0.3) is 0 Å². The van der Waals surface area contributed by atoms with E-state index in [4.69, 9.17) is 4.74 Å². The number of ether oxygens (including phenoxy) is 1. The van der Waals surface area contributed by atoms with Crippen LogP contribution in [0.1, 0.15) is 24.8 Å². The van der Waals surface area contributed by atoms with Crippen LogP contribution in [-0.4, -0.2) is 20.2 Å². The van der Waals surface area contributed by atoms with Gasteiger partial charge in [0.15, 0.2) is 0 Å². The van der Waals surface area contributed by atoms with Crippen LogP contribution in [0.5, 0.6) is 5.75 Å². The predicted molar refractivity (Wildman–Crippen MR) is 92.8 cm³/mol. The minimum atomic E-state index is 0.828. The second kappa shape index (κ2) is 7.21. The molecule has 3 rings (SSSR count). The summed E-state index contributed by atoms with van der Waals surface area (Å²) in [6.07, 6.45) is 3.96. The summed E-state index contributed by atoms with van der Waals surface area (Å²) in [5.41, 5.74) is 3.81. The van der Waals surface area contributed by atoms with Gasteiger partial charge < -0.3 is 15.0 Å². The average Bonchev–Trinajstić information content (AvgIpc) is 2.61. The molecule has 0 unspecified atom stereocenters. The molecule has 0 radical (unpaired) electrons. The van der Waals surface area contributed by atoms with Crippen LogP contribution in [0, 0.1) is 0 Å². The highest BCUT2D eigenvalue weighted by molar-refractivity contribution is 5.70. The van der Waals surface area contributed by atoms with Crippen molar-refractivity contribution in [3.63, 3.8) is 0 Å². The van der Waals surface area contributed by atoms with Crippen molar-refractivity contribution in [2.75, 3.05) is 30.4 Å². The number of rotatable bonds is 5. The highest BCUT2D eigenvalue weighted by atomic mass is 16.5. The fourth-order valence-corrected chi connectivity index (χ4v) is 2.97. The Morgan fingerprint density at radius 2 is 1.68 bits per heavy atom. The minimum absolute atomic E-state index is 0.828. The Morgan fingerprint density at radius 1 is 0.955 bits per heavy atom.